The maximum Gasteiger partial charge on any atom is 0.276 e. The SMILES string of the molecule is CCOc1cc(/C=N\NS(=O)(=O)c2ccc(C)cc2)cc(Cl)c1OCc1ccccc1. The number of aryl methyl sites for hydroxylation is 1. The summed E-state index contributed by atoms with van der Waals surface area (Å²) in [5.74, 6) is 0.874. The van der Waals surface area contributed by atoms with E-state index in [0.717, 1.165) is 11.1 Å². The van der Waals surface area contributed by atoms with Crippen molar-refractivity contribution in [2.75, 3.05) is 6.61 Å². The largest absolute Gasteiger partial charge is 0.490 e. The van der Waals surface area contributed by atoms with Crippen molar-refractivity contribution in [3.05, 3.63) is 88.4 Å². The highest BCUT2D eigenvalue weighted by Gasteiger charge is 2.14. The number of hydrogen-bond donors (Lipinski definition) is 1. The lowest BCUT2D eigenvalue weighted by Crippen LogP contribution is -2.18. The highest BCUT2D eigenvalue weighted by Crippen LogP contribution is 2.37. The first kappa shape index (κ1) is 22.7. The molecule has 6 nitrogen and oxygen atoms in total. The Morgan fingerprint density at radius 2 is 1.74 bits per heavy atom. The van der Waals surface area contributed by atoms with Gasteiger partial charge in [-0.1, -0.05) is 59.6 Å². The smallest absolute Gasteiger partial charge is 0.276 e. The minimum Gasteiger partial charge on any atom is -0.490 e. The van der Waals surface area contributed by atoms with Crippen LogP contribution < -0.4 is 14.3 Å². The Morgan fingerprint density at radius 3 is 2.42 bits per heavy atom. The van der Waals surface area contributed by atoms with E-state index in [1.165, 1.54) is 18.3 Å². The Labute approximate surface area is 187 Å². The van der Waals surface area contributed by atoms with Gasteiger partial charge in [0.15, 0.2) is 11.5 Å². The molecule has 0 saturated heterocycles. The third kappa shape index (κ3) is 6.23. The molecule has 8 heteroatoms. The van der Waals surface area contributed by atoms with Crippen molar-refractivity contribution in [2.24, 2.45) is 5.10 Å². The van der Waals surface area contributed by atoms with Crippen molar-refractivity contribution < 1.29 is 17.9 Å². The first-order chi connectivity index (χ1) is 14.9. The highest BCUT2D eigenvalue weighted by molar-refractivity contribution is 7.89. The van der Waals surface area contributed by atoms with E-state index in [1.54, 1.807) is 24.3 Å². The molecule has 0 aromatic heterocycles. The third-order valence-corrected chi connectivity index (χ3v) is 5.79. The number of nitrogens with one attached hydrogen (secondary N) is 1. The number of nitrogens with zero attached hydrogens (tertiary/aromatic N) is 1. The van der Waals surface area contributed by atoms with E-state index in [1.807, 2.05) is 44.2 Å². The molecule has 0 aliphatic carbocycles. The summed E-state index contributed by atoms with van der Waals surface area (Å²) in [5.41, 5.74) is 2.53. The lowest BCUT2D eigenvalue weighted by Gasteiger charge is -2.14. The zero-order valence-corrected chi connectivity index (χ0v) is 18.8. The molecular formula is C23H23ClN2O4S. The summed E-state index contributed by atoms with van der Waals surface area (Å²) in [4.78, 5) is 2.33. The molecule has 31 heavy (non-hydrogen) atoms. The third-order valence-electron chi connectivity index (χ3n) is 4.28. The average molecular weight is 459 g/mol. The van der Waals surface area contributed by atoms with Crippen LogP contribution in [0.3, 0.4) is 0 Å². The van der Waals surface area contributed by atoms with E-state index in [-0.39, 0.29) is 4.90 Å². The van der Waals surface area contributed by atoms with Crippen molar-refractivity contribution >= 4 is 27.8 Å². The second kappa shape index (κ2) is 10.3. The molecule has 0 heterocycles. The Morgan fingerprint density at radius 1 is 1.03 bits per heavy atom. The molecule has 162 valence electrons. The first-order valence-corrected chi connectivity index (χ1v) is 11.5. The van der Waals surface area contributed by atoms with Gasteiger partial charge in [0, 0.05) is 0 Å². The minimum atomic E-state index is -3.76. The molecule has 1 N–H and O–H groups in total. The monoisotopic (exact) mass is 458 g/mol. The quantitative estimate of drug-likeness (QED) is 0.364. The molecule has 0 aliphatic rings. The van der Waals surface area contributed by atoms with Gasteiger partial charge < -0.3 is 9.47 Å². The molecule has 0 unspecified atom stereocenters. The van der Waals surface area contributed by atoms with Crippen molar-refractivity contribution in [2.45, 2.75) is 25.3 Å². The maximum atomic E-state index is 12.3. The molecular weight excluding hydrogens is 436 g/mol. The van der Waals surface area contributed by atoms with E-state index in [9.17, 15) is 8.42 Å². The topological polar surface area (TPSA) is 77.0 Å². The van der Waals surface area contributed by atoms with E-state index in [4.69, 9.17) is 21.1 Å². The van der Waals surface area contributed by atoms with Crippen LogP contribution in [0.2, 0.25) is 5.02 Å². The van der Waals surface area contributed by atoms with Gasteiger partial charge in [0.2, 0.25) is 0 Å². The predicted octanol–water partition coefficient (Wildman–Crippen LogP) is 4.94. The minimum absolute atomic E-state index is 0.132. The second-order valence-corrected chi connectivity index (χ2v) is 8.77. The Kier molecular flexibility index (Phi) is 7.55. The van der Waals surface area contributed by atoms with Crippen LogP contribution >= 0.6 is 11.6 Å². The molecule has 3 aromatic rings. The van der Waals surface area contributed by atoms with Crippen LogP contribution in [0.5, 0.6) is 11.5 Å². The first-order valence-electron chi connectivity index (χ1n) is 9.63. The Hall–Kier alpha value is -3.03. The number of ether oxygens (including phenoxy) is 2. The van der Waals surface area contributed by atoms with E-state index < -0.39 is 10.0 Å². The van der Waals surface area contributed by atoms with Crippen LogP contribution in [0.4, 0.5) is 0 Å². The van der Waals surface area contributed by atoms with Crippen LogP contribution in [0.25, 0.3) is 0 Å². The summed E-state index contributed by atoms with van der Waals surface area (Å²) in [6, 6.07) is 19.5. The molecule has 0 aliphatic heterocycles. The van der Waals surface area contributed by atoms with Crippen LogP contribution in [-0.4, -0.2) is 21.2 Å². The number of hydrogen-bond acceptors (Lipinski definition) is 5. The van der Waals surface area contributed by atoms with Crippen LogP contribution in [0.1, 0.15) is 23.6 Å². The zero-order chi connectivity index (χ0) is 22.3. The second-order valence-electron chi connectivity index (χ2n) is 6.70. The Balaban J connectivity index is 1.76. The number of benzene rings is 3. The van der Waals surface area contributed by atoms with Crippen molar-refractivity contribution in [3.8, 4) is 11.5 Å². The molecule has 0 atom stereocenters. The van der Waals surface area contributed by atoms with Gasteiger partial charge in [0.25, 0.3) is 10.0 Å². The lowest BCUT2D eigenvalue weighted by molar-refractivity contribution is 0.269. The van der Waals surface area contributed by atoms with E-state index in [0.29, 0.717) is 35.3 Å². The molecule has 0 radical (unpaired) electrons. The fourth-order valence-electron chi connectivity index (χ4n) is 2.74. The van der Waals surface area contributed by atoms with E-state index >= 15 is 0 Å². The normalized spacial score (nSPS) is 11.5. The van der Waals surface area contributed by atoms with Gasteiger partial charge in [-0.3, -0.25) is 0 Å². The Bertz CT molecular complexity index is 1150. The fraction of sp³-hybridized carbons (Fsp3) is 0.174. The van der Waals surface area contributed by atoms with Gasteiger partial charge in [0.1, 0.15) is 6.61 Å². The summed E-state index contributed by atoms with van der Waals surface area (Å²) >= 11 is 6.41. The molecule has 0 fully saturated rings. The summed E-state index contributed by atoms with van der Waals surface area (Å²) in [6.07, 6.45) is 1.36. The molecule has 3 aromatic carbocycles. The predicted molar refractivity (Wildman–Crippen MR) is 122 cm³/mol. The van der Waals surface area contributed by atoms with Crippen LogP contribution in [-0.2, 0) is 16.6 Å². The number of sulfonamides is 1. The summed E-state index contributed by atoms with van der Waals surface area (Å²) in [5, 5.41) is 4.20. The van der Waals surface area contributed by atoms with Gasteiger partial charge in [-0.05, 0) is 49.2 Å². The summed E-state index contributed by atoms with van der Waals surface area (Å²) in [6.45, 7) is 4.49. The van der Waals surface area contributed by atoms with Crippen LogP contribution in [0.15, 0.2) is 76.7 Å². The van der Waals surface area contributed by atoms with Gasteiger partial charge in [0.05, 0.1) is 22.7 Å². The van der Waals surface area contributed by atoms with Gasteiger partial charge >= 0.3 is 0 Å². The van der Waals surface area contributed by atoms with E-state index in [2.05, 4.69) is 9.93 Å². The fourth-order valence-corrected chi connectivity index (χ4v) is 3.80. The van der Waals surface area contributed by atoms with Crippen molar-refractivity contribution in [1.82, 2.24) is 4.83 Å². The molecule has 0 bridgehead atoms. The van der Waals surface area contributed by atoms with Gasteiger partial charge in [-0.25, -0.2) is 4.83 Å². The maximum absolute atomic E-state index is 12.3. The summed E-state index contributed by atoms with van der Waals surface area (Å²) < 4.78 is 36.2. The molecule has 0 amide bonds. The zero-order valence-electron chi connectivity index (χ0n) is 17.2. The number of halogens is 1. The van der Waals surface area contributed by atoms with Gasteiger partial charge in [-0.15, -0.1) is 0 Å². The summed E-state index contributed by atoms with van der Waals surface area (Å²) in [7, 11) is -3.76. The standard InChI is InChI=1S/C23H23ClN2O4S/c1-3-29-22-14-19(13-21(24)23(22)30-16-18-7-5-4-6-8-18)15-25-26-31(27,28)20-11-9-17(2)10-12-20/h4-15,26H,3,16H2,1-2H3/b25-15-. The van der Waals surface area contributed by atoms with Crippen molar-refractivity contribution in [1.29, 1.82) is 0 Å². The molecule has 3 rings (SSSR count). The van der Waals surface area contributed by atoms with Crippen LogP contribution in [0, 0.1) is 6.92 Å². The highest BCUT2D eigenvalue weighted by atomic mass is 35.5. The molecule has 0 saturated carbocycles. The number of hydrazone groups is 1. The molecule has 0 spiro atoms. The number of rotatable bonds is 9. The van der Waals surface area contributed by atoms with Crippen molar-refractivity contribution in [3.63, 3.8) is 0 Å². The average Bonchev–Trinajstić information content (AvgIpc) is 2.74. The van der Waals surface area contributed by atoms with Gasteiger partial charge in [-0.2, -0.15) is 13.5 Å². The lowest BCUT2D eigenvalue weighted by atomic mass is 10.2.